The lowest BCUT2D eigenvalue weighted by molar-refractivity contribution is -0.267. The molecule has 7 nitrogen and oxygen atoms in total. The molecule has 4 unspecified atom stereocenters. The molecule has 2 aliphatic rings. The maximum atomic E-state index is 11.0. The highest BCUT2D eigenvalue weighted by atomic mass is 16.9. The number of hydrogen-bond donors (Lipinski definition) is 0. The van der Waals surface area contributed by atoms with Gasteiger partial charge < -0.3 is 28.4 Å². The Morgan fingerprint density at radius 2 is 2.12 bits per heavy atom. The van der Waals surface area contributed by atoms with E-state index in [4.69, 9.17) is 28.4 Å². The van der Waals surface area contributed by atoms with Crippen molar-refractivity contribution in [2.24, 2.45) is 5.92 Å². The highest BCUT2D eigenvalue weighted by Gasteiger charge is 2.40. The first-order chi connectivity index (χ1) is 12.4. The number of ether oxygens (including phenoxy) is 6. The Kier molecular flexibility index (Phi) is 5.58. The SMILES string of the molecule is CCOC1(C)Oc2cccc(OC3CC(C)CC(COC(C)=O)O3)c2O1. The van der Waals surface area contributed by atoms with Crippen LogP contribution in [0.25, 0.3) is 0 Å². The van der Waals surface area contributed by atoms with Gasteiger partial charge in [-0.15, -0.1) is 0 Å². The zero-order valence-electron chi connectivity index (χ0n) is 15.7. The van der Waals surface area contributed by atoms with Crippen molar-refractivity contribution in [1.29, 1.82) is 0 Å². The first kappa shape index (κ1) is 18.8. The zero-order valence-corrected chi connectivity index (χ0v) is 15.7. The van der Waals surface area contributed by atoms with Gasteiger partial charge in [-0.2, -0.15) is 0 Å². The molecular formula is C19H26O7. The van der Waals surface area contributed by atoms with Crippen molar-refractivity contribution in [2.45, 2.75) is 58.9 Å². The molecule has 0 spiro atoms. The van der Waals surface area contributed by atoms with E-state index in [1.165, 1.54) is 6.92 Å². The quantitative estimate of drug-likeness (QED) is 0.716. The summed E-state index contributed by atoms with van der Waals surface area (Å²) in [6, 6.07) is 5.45. The second-order valence-electron chi connectivity index (χ2n) is 6.77. The minimum absolute atomic E-state index is 0.185. The number of para-hydroxylation sites is 1. The Balaban J connectivity index is 1.68. The summed E-state index contributed by atoms with van der Waals surface area (Å²) in [4.78, 5) is 11.0. The lowest BCUT2D eigenvalue weighted by Gasteiger charge is -2.33. The second kappa shape index (κ2) is 7.72. The predicted molar refractivity (Wildman–Crippen MR) is 92.0 cm³/mol. The van der Waals surface area contributed by atoms with Crippen molar-refractivity contribution in [3.63, 3.8) is 0 Å². The van der Waals surface area contributed by atoms with Crippen LogP contribution < -0.4 is 14.2 Å². The fraction of sp³-hybridized carbons (Fsp3) is 0.632. The Bertz CT molecular complexity index is 647. The van der Waals surface area contributed by atoms with Crippen molar-refractivity contribution >= 4 is 5.97 Å². The Morgan fingerprint density at radius 1 is 1.31 bits per heavy atom. The average Bonchev–Trinajstić information content (AvgIpc) is 2.90. The van der Waals surface area contributed by atoms with Crippen LogP contribution in [0.15, 0.2) is 18.2 Å². The molecule has 0 bridgehead atoms. The minimum Gasteiger partial charge on any atom is -0.463 e. The Hall–Kier alpha value is -1.99. The van der Waals surface area contributed by atoms with Gasteiger partial charge in [0.15, 0.2) is 11.5 Å². The van der Waals surface area contributed by atoms with Crippen LogP contribution >= 0.6 is 0 Å². The normalized spacial score (nSPS) is 30.1. The fourth-order valence-corrected chi connectivity index (χ4v) is 3.23. The standard InChI is InChI=1S/C19H26O7/c1-5-22-19(4)25-16-8-6-7-15(18(16)26-19)24-17-10-12(2)9-14(23-17)11-21-13(3)20/h6-8,12,14,17H,5,9-11H2,1-4H3. The van der Waals surface area contributed by atoms with E-state index in [0.29, 0.717) is 29.8 Å². The van der Waals surface area contributed by atoms with Gasteiger partial charge in [-0.1, -0.05) is 13.0 Å². The van der Waals surface area contributed by atoms with Crippen molar-refractivity contribution in [3.8, 4) is 17.2 Å². The van der Waals surface area contributed by atoms with E-state index in [9.17, 15) is 4.79 Å². The van der Waals surface area contributed by atoms with E-state index in [1.54, 1.807) is 13.0 Å². The third-order valence-electron chi connectivity index (χ3n) is 4.27. The highest BCUT2D eigenvalue weighted by Crippen LogP contribution is 2.47. The van der Waals surface area contributed by atoms with Crippen LogP contribution in [0.5, 0.6) is 17.2 Å². The van der Waals surface area contributed by atoms with E-state index in [0.717, 1.165) is 12.8 Å². The molecule has 1 aromatic rings. The third-order valence-corrected chi connectivity index (χ3v) is 4.27. The summed E-state index contributed by atoms with van der Waals surface area (Å²) in [6.45, 7) is 7.80. The van der Waals surface area contributed by atoms with Crippen molar-refractivity contribution in [2.75, 3.05) is 13.2 Å². The molecule has 0 aliphatic carbocycles. The largest absolute Gasteiger partial charge is 0.463 e. The summed E-state index contributed by atoms with van der Waals surface area (Å²) < 4.78 is 34.2. The van der Waals surface area contributed by atoms with E-state index in [-0.39, 0.29) is 18.7 Å². The number of fused-ring (bicyclic) bond motifs is 1. The Morgan fingerprint density at radius 3 is 2.85 bits per heavy atom. The lowest BCUT2D eigenvalue weighted by atomic mass is 9.97. The molecule has 0 radical (unpaired) electrons. The van der Waals surface area contributed by atoms with Crippen molar-refractivity contribution in [1.82, 2.24) is 0 Å². The molecule has 0 N–H and O–H groups in total. The maximum absolute atomic E-state index is 11.0. The lowest BCUT2D eigenvalue weighted by Crippen LogP contribution is -2.39. The first-order valence-corrected chi connectivity index (χ1v) is 8.99. The summed E-state index contributed by atoms with van der Waals surface area (Å²) in [7, 11) is 0. The molecule has 0 amide bonds. The average molecular weight is 366 g/mol. The van der Waals surface area contributed by atoms with Gasteiger partial charge in [0.25, 0.3) is 0 Å². The van der Waals surface area contributed by atoms with Crippen LogP contribution in [-0.4, -0.2) is 37.6 Å². The molecule has 7 heteroatoms. The summed E-state index contributed by atoms with van der Waals surface area (Å²) >= 11 is 0. The van der Waals surface area contributed by atoms with Gasteiger partial charge in [-0.05, 0) is 31.4 Å². The number of rotatable bonds is 6. The van der Waals surface area contributed by atoms with Gasteiger partial charge in [0.1, 0.15) is 6.61 Å². The molecule has 3 rings (SSSR count). The fourth-order valence-electron chi connectivity index (χ4n) is 3.23. The summed E-state index contributed by atoms with van der Waals surface area (Å²) in [5.74, 6) is 0.523. The van der Waals surface area contributed by atoms with Crippen LogP contribution in [0.1, 0.15) is 40.5 Å². The molecule has 1 fully saturated rings. The van der Waals surface area contributed by atoms with Gasteiger partial charge in [0.05, 0.1) is 12.7 Å². The molecule has 0 saturated carbocycles. The second-order valence-corrected chi connectivity index (χ2v) is 6.77. The van der Waals surface area contributed by atoms with Crippen LogP contribution in [0, 0.1) is 5.92 Å². The molecule has 144 valence electrons. The molecule has 2 aliphatic heterocycles. The molecule has 2 heterocycles. The minimum atomic E-state index is -1.16. The molecular weight excluding hydrogens is 340 g/mol. The molecule has 0 aromatic heterocycles. The third kappa shape index (κ3) is 4.40. The smallest absolute Gasteiger partial charge is 0.369 e. The van der Waals surface area contributed by atoms with Gasteiger partial charge in [-0.3, -0.25) is 4.79 Å². The topological polar surface area (TPSA) is 72.5 Å². The molecule has 26 heavy (non-hydrogen) atoms. The van der Waals surface area contributed by atoms with Crippen LogP contribution in [0.3, 0.4) is 0 Å². The van der Waals surface area contributed by atoms with Gasteiger partial charge in [0, 0.05) is 20.3 Å². The number of benzene rings is 1. The first-order valence-electron chi connectivity index (χ1n) is 8.99. The molecule has 1 aromatic carbocycles. The van der Waals surface area contributed by atoms with E-state index >= 15 is 0 Å². The number of esters is 1. The van der Waals surface area contributed by atoms with Crippen LogP contribution in [-0.2, 0) is 19.0 Å². The van der Waals surface area contributed by atoms with Gasteiger partial charge in [0.2, 0.25) is 12.0 Å². The van der Waals surface area contributed by atoms with Crippen LogP contribution in [0.2, 0.25) is 0 Å². The van der Waals surface area contributed by atoms with Gasteiger partial charge >= 0.3 is 11.9 Å². The highest BCUT2D eigenvalue weighted by molar-refractivity contribution is 5.65. The van der Waals surface area contributed by atoms with E-state index in [1.807, 2.05) is 19.1 Å². The number of carbonyl (C=O) groups is 1. The maximum Gasteiger partial charge on any atom is 0.369 e. The predicted octanol–water partition coefficient (Wildman–Crippen LogP) is 3.25. The van der Waals surface area contributed by atoms with Crippen molar-refractivity contribution in [3.05, 3.63) is 18.2 Å². The summed E-state index contributed by atoms with van der Waals surface area (Å²) in [5.41, 5.74) is 0. The number of carbonyl (C=O) groups excluding carboxylic acids is 1. The summed E-state index contributed by atoms with van der Waals surface area (Å²) in [5, 5.41) is 0. The van der Waals surface area contributed by atoms with Gasteiger partial charge in [-0.25, -0.2) is 0 Å². The zero-order chi connectivity index (χ0) is 18.7. The number of hydrogen-bond acceptors (Lipinski definition) is 7. The van der Waals surface area contributed by atoms with E-state index in [2.05, 4.69) is 6.92 Å². The van der Waals surface area contributed by atoms with Crippen molar-refractivity contribution < 1.29 is 33.2 Å². The van der Waals surface area contributed by atoms with Crippen LogP contribution in [0.4, 0.5) is 0 Å². The molecule has 4 atom stereocenters. The van der Waals surface area contributed by atoms with E-state index < -0.39 is 12.3 Å². The Labute approximate surface area is 153 Å². The monoisotopic (exact) mass is 366 g/mol. The molecule has 1 saturated heterocycles. The summed E-state index contributed by atoms with van der Waals surface area (Å²) in [6.07, 6.45) is 0.926.